The third-order valence-corrected chi connectivity index (χ3v) is 8.46. The van der Waals surface area contributed by atoms with E-state index in [1.54, 1.807) is 37.4 Å². The minimum Gasteiger partial charge on any atom is -0.497 e. The largest absolute Gasteiger partial charge is 0.497 e. The Morgan fingerprint density at radius 1 is 0.947 bits per heavy atom. The SMILES string of the molecule is COc1cccc([C@@H]2[C@@H](C(=O)C(C)(C)C)N3c4ccc(Cl)cc4C=C[C@H]3C23C(=O)c2ccccc2C3=O)c1. The summed E-state index contributed by atoms with van der Waals surface area (Å²) < 4.78 is 5.54. The molecule has 0 aromatic heterocycles. The zero-order valence-electron chi connectivity index (χ0n) is 21.7. The molecule has 1 saturated heterocycles. The van der Waals surface area contributed by atoms with E-state index in [1.165, 1.54) is 0 Å². The predicted molar refractivity (Wildman–Crippen MR) is 148 cm³/mol. The summed E-state index contributed by atoms with van der Waals surface area (Å²) in [5.41, 5.74) is 0.912. The first-order valence-electron chi connectivity index (χ1n) is 12.7. The third-order valence-electron chi connectivity index (χ3n) is 8.23. The van der Waals surface area contributed by atoms with Crippen LogP contribution in [0.2, 0.25) is 5.02 Å². The summed E-state index contributed by atoms with van der Waals surface area (Å²) >= 11 is 6.34. The lowest BCUT2D eigenvalue weighted by molar-refractivity contribution is -0.127. The second kappa shape index (κ2) is 8.40. The standard InChI is InChI=1S/C32H28ClNO4/c1-31(2,3)30(37)27-26(19-8-7-9-21(17-19)38-4)32(28(35)22-10-5-6-11-23(22)29(32)36)25-15-12-18-16-20(33)13-14-24(18)34(25)27/h5-17,25-27H,1-4H3/t25-,26+,27-/m0/s1. The average Bonchev–Trinajstić information content (AvgIpc) is 3.33. The number of anilines is 1. The molecule has 0 radical (unpaired) electrons. The maximum atomic E-state index is 14.6. The number of ketones is 3. The molecule has 0 unspecified atom stereocenters. The molecule has 2 heterocycles. The topological polar surface area (TPSA) is 63.7 Å². The molecule has 3 atom stereocenters. The second-order valence-electron chi connectivity index (χ2n) is 11.3. The van der Waals surface area contributed by atoms with E-state index >= 15 is 0 Å². The van der Waals surface area contributed by atoms with Crippen LogP contribution < -0.4 is 9.64 Å². The van der Waals surface area contributed by atoms with Gasteiger partial charge in [0.1, 0.15) is 11.2 Å². The van der Waals surface area contributed by atoms with Crippen LogP contribution >= 0.6 is 11.6 Å². The summed E-state index contributed by atoms with van der Waals surface area (Å²) in [5, 5.41) is 0.573. The van der Waals surface area contributed by atoms with Crippen molar-refractivity contribution in [2.45, 2.75) is 38.8 Å². The van der Waals surface area contributed by atoms with Crippen LogP contribution in [-0.4, -0.2) is 36.5 Å². The van der Waals surface area contributed by atoms with Gasteiger partial charge in [0.15, 0.2) is 17.3 Å². The number of hydrogen-bond donors (Lipinski definition) is 0. The highest BCUT2D eigenvalue weighted by molar-refractivity contribution is 6.32. The van der Waals surface area contributed by atoms with Crippen molar-refractivity contribution in [3.8, 4) is 5.75 Å². The molecule has 6 heteroatoms. The molecule has 1 aliphatic carbocycles. The highest BCUT2D eigenvalue weighted by Crippen LogP contribution is 2.61. The molecule has 6 rings (SSSR count). The van der Waals surface area contributed by atoms with Gasteiger partial charge in [-0.1, -0.05) is 80.9 Å². The maximum Gasteiger partial charge on any atom is 0.180 e. The molecule has 1 fully saturated rings. The van der Waals surface area contributed by atoms with Gasteiger partial charge < -0.3 is 9.64 Å². The molecule has 0 amide bonds. The first-order valence-corrected chi connectivity index (χ1v) is 13.1. The monoisotopic (exact) mass is 525 g/mol. The van der Waals surface area contributed by atoms with Crippen LogP contribution in [0.3, 0.4) is 0 Å². The van der Waals surface area contributed by atoms with E-state index in [4.69, 9.17) is 16.3 Å². The molecular formula is C32H28ClNO4. The molecule has 1 spiro atoms. The predicted octanol–water partition coefficient (Wildman–Crippen LogP) is 6.40. The van der Waals surface area contributed by atoms with Gasteiger partial charge in [-0.05, 0) is 41.5 Å². The summed E-state index contributed by atoms with van der Waals surface area (Å²) in [4.78, 5) is 45.5. The number of ether oxygens (including phenoxy) is 1. The Morgan fingerprint density at radius 2 is 1.63 bits per heavy atom. The van der Waals surface area contributed by atoms with E-state index in [1.807, 2.05) is 74.2 Å². The number of carbonyl (C=O) groups excluding carboxylic acids is 3. The van der Waals surface area contributed by atoms with Gasteiger partial charge in [0, 0.05) is 33.2 Å². The van der Waals surface area contributed by atoms with Gasteiger partial charge in [-0.15, -0.1) is 0 Å². The van der Waals surface area contributed by atoms with Crippen molar-refractivity contribution in [3.05, 3.63) is 100 Å². The Kier molecular flexibility index (Phi) is 5.45. The van der Waals surface area contributed by atoms with Crippen LogP contribution in [0.15, 0.2) is 72.8 Å². The van der Waals surface area contributed by atoms with Gasteiger partial charge in [-0.25, -0.2) is 0 Å². The van der Waals surface area contributed by atoms with E-state index in [2.05, 4.69) is 0 Å². The number of rotatable bonds is 3. The Balaban J connectivity index is 1.70. The number of halogens is 1. The Morgan fingerprint density at radius 3 is 2.26 bits per heavy atom. The number of hydrogen-bond acceptors (Lipinski definition) is 5. The summed E-state index contributed by atoms with van der Waals surface area (Å²) in [6, 6.07) is 18.5. The normalized spacial score (nSPS) is 22.9. The highest BCUT2D eigenvalue weighted by Gasteiger charge is 2.71. The summed E-state index contributed by atoms with van der Waals surface area (Å²) in [5.74, 6) is -0.671. The van der Waals surface area contributed by atoms with Crippen molar-refractivity contribution in [2.75, 3.05) is 12.0 Å². The van der Waals surface area contributed by atoms with Gasteiger partial charge in [0.05, 0.1) is 19.2 Å². The van der Waals surface area contributed by atoms with Crippen LogP contribution in [0.25, 0.3) is 6.08 Å². The van der Waals surface area contributed by atoms with Gasteiger partial charge in [-0.3, -0.25) is 14.4 Å². The van der Waals surface area contributed by atoms with Gasteiger partial charge in [-0.2, -0.15) is 0 Å². The molecule has 38 heavy (non-hydrogen) atoms. The third kappa shape index (κ3) is 3.21. The smallest absolute Gasteiger partial charge is 0.180 e. The Bertz CT molecular complexity index is 1510. The molecule has 0 N–H and O–H groups in total. The molecule has 2 aliphatic heterocycles. The molecule has 3 aromatic rings. The Labute approximate surface area is 227 Å². The summed E-state index contributed by atoms with van der Waals surface area (Å²) in [7, 11) is 1.58. The van der Waals surface area contributed by atoms with Gasteiger partial charge in [0.25, 0.3) is 0 Å². The molecule has 3 aromatic carbocycles. The van der Waals surface area contributed by atoms with Crippen molar-refractivity contribution < 1.29 is 19.1 Å². The van der Waals surface area contributed by atoms with Crippen LogP contribution in [0, 0.1) is 10.8 Å². The fourth-order valence-electron chi connectivity index (χ4n) is 6.60. The van der Waals surface area contributed by atoms with E-state index in [0.29, 0.717) is 21.9 Å². The van der Waals surface area contributed by atoms with Crippen molar-refractivity contribution in [1.29, 1.82) is 0 Å². The minimum absolute atomic E-state index is 0.0417. The van der Waals surface area contributed by atoms with Crippen LogP contribution in [0.1, 0.15) is 58.5 Å². The average molecular weight is 526 g/mol. The molecule has 3 aliphatic rings. The number of nitrogens with zero attached hydrogens (tertiary/aromatic N) is 1. The maximum absolute atomic E-state index is 14.6. The Hall–Kier alpha value is -3.70. The first kappa shape index (κ1) is 24.6. The number of benzene rings is 3. The zero-order valence-corrected chi connectivity index (χ0v) is 22.5. The number of carbonyl (C=O) groups is 3. The highest BCUT2D eigenvalue weighted by atomic mass is 35.5. The number of fused-ring (bicyclic) bond motifs is 5. The van der Waals surface area contributed by atoms with E-state index < -0.39 is 28.8 Å². The van der Waals surface area contributed by atoms with Gasteiger partial charge >= 0.3 is 0 Å². The molecular weight excluding hydrogens is 498 g/mol. The van der Waals surface area contributed by atoms with Crippen LogP contribution in [0.5, 0.6) is 5.75 Å². The fraction of sp³-hybridized carbons (Fsp3) is 0.281. The summed E-state index contributed by atoms with van der Waals surface area (Å²) in [6.07, 6.45) is 3.82. The van der Waals surface area contributed by atoms with Crippen molar-refractivity contribution >= 4 is 40.7 Å². The quantitative estimate of drug-likeness (QED) is 0.370. The van der Waals surface area contributed by atoms with Crippen molar-refractivity contribution in [2.24, 2.45) is 10.8 Å². The zero-order chi connectivity index (χ0) is 27.0. The van der Waals surface area contributed by atoms with Crippen LogP contribution in [-0.2, 0) is 4.79 Å². The fourth-order valence-corrected chi connectivity index (χ4v) is 6.78. The molecule has 5 nitrogen and oxygen atoms in total. The lowest BCUT2D eigenvalue weighted by Gasteiger charge is -2.38. The van der Waals surface area contributed by atoms with E-state index in [9.17, 15) is 14.4 Å². The lowest BCUT2D eigenvalue weighted by Crippen LogP contribution is -2.49. The van der Waals surface area contributed by atoms with E-state index in [-0.39, 0.29) is 17.3 Å². The lowest BCUT2D eigenvalue weighted by atomic mass is 9.63. The van der Waals surface area contributed by atoms with Crippen molar-refractivity contribution in [1.82, 2.24) is 0 Å². The van der Waals surface area contributed by atoms with E-state index in [0.717, 1.165) is 16.8 Å². The molecule has 192 valence electrons. The number of Topliss-reactive ketones (excluding diaryl/α,β-unsaturated/α-hetero) is 3. The summed E-state index contributed by atoms with van der Waals surface area (Å²) in [6.45, 7) is 5.65. The second-order valence-corrected chi connectivity index (χ2v) is 11.7. The first-order chi connectivity index (χ1) is 18.1. The molecule has 0 bridgehead atoms. The minimum atomic E-state index is -1.52. The van der Waals surface area contributed by atoms with Gasteiger partial charge in [0.2, 0.25) is 0 Å². The van der Waals surface area contributed by atoms with Crippen LogP contribution in [0.4, 0.5) is 5.69 Å². The number of methoxy groups -OCH3 is 1. The van der Waals surface area contributed by atoms with Crippen molar-refractivity contribution in [3.63, 3.8) is 0 Å². The molecule has 0 saturated carbocycles.